The summed E-state index contributed by atoms with van der Waals surface area (Å²) in [6.45, 7) is 1.56. The maximum atomic E-state index is 13.1. The van der Waals surface area contributed by atoms with Crippen molar-refractivity contribution in [3.63, 3.8) is 0 Å². The summed E-state index contributed by atoms with van der Waals surface area (Å²) in [4.78, 5) is 0. The van der Waals surface area contributed by atoms with Crippen LogP contribution >= 0.6 is 15.9 Å². The van der Waals surface area contributed by atoms with E-state index in [1.165, 1.54) is 6.07 Å². The molecule has 0 saturated carbocycles. The number of benzene rings is 1. The smallest absolute Gasteiger partial charge is 0.137 e. The van der Waals surface area contributed by atoms with E-state index in [2.05, 4.69) is 15.9 Å². The van der Waals surface area contributed by atoms with Gasteiger partial charge in [-0.3, -0.25) is 0 Å². The fourth-order valence-corrected chi connectivity index (χ4v) is 2.46. The molecule has 4 heteroatoms. The standard InChI is InChI=1S/C12H15BrFNO/c13-10-7-9(1-2-11(10)14)12(15)8-3-5-16-6-4-8/h1-2,7-8,12H,3-6,15H2/t12-/m1/s1. The van der Waals surface area contributed by atoms with Gasteiger partial charge in [0.1, 0.15) is 5.82 Å². The van der Waals surface area contributed by atoms with Crippen molar-refractivity contribution in [2.45, 2.75) is 18.9 Å². The molecule has 0 aliphatic carbocycles. The van der Waals surface area contributed by atoms with Gasteiger partial charge in [-0.15, -0.1) is 0 Å². The lowest BCUT2D eigenvalue weighted by atomic mass is 9.88. The lowest BCUT2D eigenvalue weighted by Gasteiger charge is -2.28. The highest BCUT2D eigenvalue weighted by Gasteiger charge is 2.22. The van der Waals surface area contributed by atoms with E-state index in [1.54, 1.807) is 12.1 Å². The minimum absolute atomic E-state index is 0.0270. The lowest BCUT2D eigenvalue weighted by molar-refractivity contribution is 0.0583. The summed E-state index contributed by atoms with van der Waals surface area (Å²) >= 11 is 3.18. The van der Waals surface area contributed by atoms with E-state index < -0.39 is 0 Å². The van der Waals surface area contributed by atoms with Gasteiger partial charge in [0.2, 0.25) is 0 Å². The van der Waals surface area contributed by atoms with Crippen molar-refractivity contribution in [2.75, 3.05) is 13.2 Å². The highest BCUT2D eigenvalue weighted by Crippen LogP contribution is 2.30. The minimum Gasteiger partial charge on any atom is -0.381 e. The first kappa shape index (κ1) is 12.0. The predicted molar refractivity (Wildman–Crippen MR) is 64.6 cm³/mol. The van der Waals surface area contributed by atoms with Crippen LogP contribution in [0.15, 0.2) is 22.7 Å². The molecule has 88 valence electrons. The molecule has 1 aliphatic rings. The predicted octanol–water partition coefficient (Wildman–Crippen LogP) is 3.01. The quantitative estimate of drug-likeness (QED) is 0.908. The molecule has 2 nitrogen and oxygen atoms in total. The van der Waals surface area contributed by atoms with Crippen LogP contribution in [0.3, 0.4) is 0 Å². The van der Waals surface area contributed by atoms with Gasteiger partial charge < -0.3 is 10.5 Å². The highest BCUT2D eigenvalue weighted by atomic mass is 79.9. The highest BCUT2D eigenvalue weighted by molar-refractivity contribution is 9.10. The molecular formula is C12H15BrFNO. The van der Waals surface area contributed by atoms with Crippen LogP contribution in [0, 0.1) is 11.7 Å². The summed E-state index contributed by atoms with van der Waals surface area (Å²) < 4.78 is 18.9. The van der Waals surface area contributed by atoms with Crippen molar-refractivity contribution in [2.24, 2.45) is 11.7 Å². The zero-order valence-electron chi connectivity index (χ0n) is 8.96. The lowest BCUT2D eigenvalue weighted by Crippen LogP contribution is -2.27. The fraction of sp³-hybridized carbons (Fsp3) is 0.500. The molecule has 1 saturated heterocycles. The largest absolute Gasteiger partial charge is 0.381 e. The molecule has 1 fully saturated rings. The zero-order valence-corrected chi connectivity index (χ0v) is 10.5. The molecule has 0 aromatic heterocycles. The Morgan fingerprint density at radius 3 is 2.69 bits per heavy atom. The number of nitrogens with two attached hydrogens (primary N) is 1. The van der Waals surface area contributed by atoms with Gasteiger partial charge in [-0.25, -0.2) is 4.39 Å². The van der Waals surface area contributed by atoms with Gasteiger partial charge in [0.15, 0.2) is 0 Å². The Hall–Kier alpha value is -0.450. The molecular weight excluding hydrogens is 273 g/mol. The van der Waals surface area contributed by atoms with Gasteiger partial charge in [0.05, 0.1) is 4.47 Å². The molecule has 0 unspecified atom stereocenters. The van der Waals surface area contributed by atoms with Crippen LogP contribution < -0.4 is 5.73 Å². The molecule has 0 spiro atoms. The van der Waals surface area contributed by atoms with Crippen molar-refractivity contribution in [1.82, 2.24) is 0 Å². The van der Waals surface area contributed by atoms with Crippen LogP contribution in [-0.4, -0.2) is 13.2 Å². The third kappa shape index (κ3) is 2.62. The summed E-state index contributed by atoms with van der Waals surface area (Å²) in [6.07, 6.45) is 1.96. The van der Waals surface area contributed by atoms with Crippen LogP contribution in [0.4, 0.5) is 4.39 Å². The maximum absolute atomic E-state index is 13.1. The third-order valence-electron chi connectivity index (χ3n) is 3.10. The van der Waals surface area contributed by atoms with Crippen LogP contribution in [0.1, 0.15) is 24.4 Å². The molecule has 1 aliphatic heterocycles. The summed E-state index contributed by atoms with van der Waals surface area (Å²) in [5.74, 6) is 0.189. The number of hydrogen-bond acceptors (Lipinski definition) is 2. The number of halogens is 2. The van der Waals surface area contributed by atoms with Gasteiger partial charge in [0, 0.05) is 19.3 Å². The molecule has 1 aromatic rings. The van der Waals surface area contributed by atoms with Crippen LogP contribution in [0.5, 0.6) is 0 Å². The molecule has 2 N–H and O–H groups in total. The van der Waals surface area contributed by atoms with E-state index in [9.17, 15) is 4.39 Å². The number of hydrogen-bond donors (Lipinski definition) is 1. The Kier molecular flexibility index (Phi) is 3.95. The Bertz CT molecular complexity index is 366. The maximum Gasteiger partial charge on any atom is 0.137 e. The summed E-state index contributed by atoms with van der Waals surface area (Å²) in [5.41, 5.74) is 7.18. The molecule has 1 heterocycles. The van der Waals surface area contributed by atoms with Crippen LogP contribution in [0.25, 0.3) is 0 Å². The average Bonchev–Trinajstić information content (AvgIpc) is 2.33. The molecule has 0 amide bonds. The van der Waals surface area contributed by atoms with E-state index in [1.807, 2.05) is 0 Å². The summed E-state index contributed by atoms with van der Waals surface area (Å²) in [5, 5.41) is 0. The van der Waals surface area contributed by atoms with E-state index in [4.69, 9.17) is 10.5 Å². The second-order valence-corrected chi connectivity index (χ2v) is 5.00. The Morgan fingerprint density at radius 1 is 1.38 bits per heavy atom. The monoisotopic (exact) mass is 287 g/mol. The van der Waals surface area contributed by atoms with Gasteiger partial charge >= 0.3 is 0 Å². The second kappa shape index (κ2) is 5.25. The van der Waals surface area contributed by atoms with E-state index in [0.717, 1.165) is 31.6 Å². The summed E-state index contributed by atoms with van der Waals surface area (Å²) in [6, 6.07) is 4.97. The first-order valence-electron chi connectivity index (χ1n) is 5.47. The molecule has 2 rings (SSSR count). The van der Waals surface area contributed by atoms with Crippen LogP contribution in [0.2, 0.25) is 0 Å². The first-order valence-corrected chi connectivity index (χ1v) is 6.26. The molecule has 16 heavy (non-hydrogen) atoms. The van der Waals surface area contributed by atoms with Gasteiger partial charge in [-0.1, -0.05) is 6.07 Å². The minimum atomic E-state index is -0.247. The molecule has 0 radical (unpaired) electrons. The summed E-state index contributed by atoms with van der Waals surface area (Å²) in [7, 11) is 0. The molecule has 1 atom stereocenters. The van der Waals surface area contributed by atoms with E-state index in [0.29, 0.717) is 10.4 Å². The van der Waals surface area contributed by atoms with Crippen molar-refractivity contribution in [1.29, 1.82) is 0 Å². The second-order valence-electron chi connectivity index (χ2n) is 4.15. The Labute approximate surface area is 103 Å². The molecule has 1 aromatic carbocycles. The van der Waals surface area contributed by atoms with Gasteiger partial charge in [-0.2, -0.15) is 0 Å². The van der Waals surface area contributed by atoms with Crippen molar-refractivity contribution < 1.29 is 9.13 Å². The number of ether oxygens (including phenoxy) is 1. The van der Waals surface area contributed by atoms with Gasteiger partial charge in [0.25, 0.3) is 0 Å². The first-order chi connectivity index (χ1) is 7.68. The fourth-order valence-electron chi connectivity index (χ4n) is 2.07. The Morgan fingerprint density at radius 2 is 2.06 bits per heavy atom. The van der Waals surface area contributed by atoms with Crippen LogP contribution in [-0.2, 0) is 4.74 Å². The normalized spacial score (nSPS) is 19.7. The topological polar surface area (TPSA) is 35.2 Å². The number of rotatable bonds is 2. The van der Waals surface area contributed by atoms with Crippen molar-refractivity contribution in [3.8, 4) is 0 Å². The van der Waals surface area contributed by atoms with Crippen molar-refractivity contribution >= 4 is 15.9 Å². The SMILES string of the molecule is N[C@@H](c1ccc(F)c(Br)c1)C1CCOCC1. The van der Waals surface area contributed by atoms with E-state index >= 15 is 0 Å². The molecule has 0 bridgehead atoms. The zero-order chi connectivity index (χ0) is 11.5. The average molecular weight is 288 g/mol. The Balaban J connectivity index is 2.12. The van der Waals surface area contributed by atoms with E-state index in [-0.39, 0.29) is 11.9 Å². The third-order valence-corrected chi connectivity index (χ3v) is 3.71. The van der Waals surface area contributed by atoms with Gasteiger partial charge in [-0.05, 0) is 52.4 Å². The van der Waals surface area contributed by atoms with Crippen molar-refractivity contribution in [3.05, 3.63) is 34.1 Å².